The molecular formula is C25H21FN4O3S. The predicted octanol–water partition coefficient (Wildman–Crippen LogP) is 4.47. The molecule has 0 fully saturated rings. The molecule has 0 radical (unpaired) electrons. The molecule has 1 heterocycles. The van der Waals surface area contributed by atoms with Crippen LogP contribution in [0.2, 0.25) is 0 Å². The number of nitrogens with one attached hydrogen (secondary N) is 1. The lowest BCUT2D eigenvalue weighted by molar-refractivity contribution is -0.114. The third-order valence-electron chi connectivity index (χ3n) is 5.41. The van der Waals surface area contributed by atoms with Gasteiger partial charge in [-0.3, -0.25) is 4.79 Å². The Morgan fingerprint density at radius 2 is 1.71 bits per heavy atom. The van der Waals surface area contributed by atoms with E-state index in [9.17, 15) is 17.6 Å². The fourth-order valence-corrected chi connectivity index (χ4v) is 4.35. The van der Waals surface area contributed by atoms with Gasteiger partial charge in [-0.25, -0.2) is 22.9 Å². The number of hydrogen-bond acceptors (Lipinski definition) is 5. The zero-order valence-electron chi connectivity index (χ0n) is 18.1. The van der Waals surface area contributed by atoms with Gasteiger partial charge >= 0.3 is 0 Å². The van der Waals surface area contributed by atoms with Crippen LogP contribution in [-0.4, -0.2) is 19.3 Å². The Hall–Kier alpha value is -4.08. The molecule has 0 aliphatic carbocycles. The monoisotopic (exact) mass is 476 g/mol. The van der Waals surface area contributed by atoms with Gasteiger partial charge in [0.25, 0.3) is 5.91 Å². The molecule has 3 aromatic carbocycles. The number of rotatable bonds is 5. The van der Waals surface area contributed by atoms with Crippen molar-refractivity contribution >= 4 is 43.8 Å². The summed E-state index contributed by atoms with van der Waals surface area (Å²) in [6, 6.07) is 19.6. The number of sulfonamides is 1. The van der Waals surface area contributed by atoms with Gasteiger partial charge in [0.1, 0.15) is 5.82 Å². The fraction of sp³-hybridized carbons (Fsp3) is 0.0400. The molecule has 4 aromatic rings. The lowest BCUT2D eigenvalue weighted by atomic mass is 10.0. The summed E-state index contributed by atoms with van der Waals surface area (Å²) in [7, 11) is -3.91. The molecule has 7 nitrogen and oxygen atoms in total. The Labute approximate surface area is 196 Å². The topological polar surface area (TPSA) is 128 Å². The number of nitrogen functional groups attached to an aromatic ring is 1. The minimum atomic E-state index is -3.91. The van der Waals surface area contributed by atoms with E-state index >= 15 is 0 Å². The number of nitrogens with two attached hydrogens (primary N) is 2. The van der Waals surface area contributed by atoms with Crippen LogP contribution >= 0.6 is 0 Å². The van der Waals surface area contributed by atoms with Crippen molar-refractivity contribution in [1.82, 2.24) is 4.98 Å². The predicted molar refractivity (Wildman–Crippen MR) is 132 cm³/mol. The van der Waals surface area contributed by atoms with Gasteiger partial charge in [0.05, 0.1) is 4.90 Å². The number of fused-ring (bicyclic) bond motifs is 1. The van der Waals surface area contributed by atoms with E-state index in [0.29, 0.717) is 33.6 Å². The van der Waals surface area contributed by atoms with Crippen LogP contribution in [0.5, 0.6) is 0 Å². The smallest absolute Gasteiger partial charge is 0.284 e. The summed E-state index contributed by atoms with van der Waals surface area (Å²) in [5.74, 6) is -1.53. The molecule has 9 heteroatoms. The Balaban J connectivity index is 1.57. The highest BCUT2D eigenvalue weighted by Crippen LogP contribution is 2.29. The number of hydrogen-bond donors (Lipinski definition) is 3. The number of carbonyl (C=O) groups is 1. The van der Waals surface area contributed by atoms with E-state index in [1.165, 1.54) is 13.0 Å². The van der Waals surface area contributed by atoms with Crippen LogP contribution in [0.1, 0.15) is 12.5 Å². The molecule has 0 aliphatic rings. The molecule has 5 N–H and O–H groups in total. The number of amides is 1. The normalized spacial score (nSPS) is 12.3. The summed E-state index contributed by atoms with van der Waals surface area (Å²) < 4.78 is 38.6. The van der Waals surface area contributed by atoms with Gasteiger partial charge in [-0.15, -0.1) is 0 Å². The van der Waals surface area contributed by atoms with Gasteiger partial charge in [-0.2, -0.15) is 0 Å². The molecule has 0 unspecified atom stereocenters. The van der Waals surface area contributed by atoms with E-state index in [4.69, 9.17) is 10.9 Å². The molecule has 0 bridgehead atoms. The van der Waals surface area contributed by atoms with Crippen molar-refractivity contribution in [1.29, 1.82) is 0 Å². The van der Waals surface area contributed by atoms with Crippen molar-refractivity contribution in [2.24, 2.45) is 5.14 Å². The maximum Gasteiger partial charge on any atom is 0.284 e. The first-order valence-electron chi connectivity index (χ1n) is 10.2. The summed E-state index contributed by atoms with van der Waals surface area (Å²) >= 11 is 0. The van der Waals surface area contributed by atoms with E-state index < -0.39 is 21.8 Å². The number of pyridine rings is 1. The number of nitrogens with zero attached hydrogens (tertiary/aromatic N) is 1. The second-order valence-electron chi connectivity index (χ2n) is 7.64. The van der Waals surface area contributed by atoms with Crippen LogP contribution in [0.3, 0.4) is 0 Å². The average Bonchev–Trinajstić information content (AvgIpc) is 2.83. The van der Waals surface area contributed by atoms with E-state index in [1.54, 1.807) is 72.9 Å². The lowest BCUT2D eigenvalue weighted by Crippen LogP contribution is -2.13. The van der Waals surface area contributed by atoms with E-state index in [1.807, 2.05) is 0 Å². The molecule has 1 aromatic heterocycles. The van der Waals surface area contributed by atoms with Crippen molar-refractivity contribution in [3.63, 3.8) is 0 Å². The number of benzene rings is 3. The zero-order valence-corrected chi connectivity index (χ0v) is 18.9. The van der Waals surface area contributed by atoms with Gasteiger partial charge in [-0.05, 0) is 59.3 Å². The molecule has 34 heavy (non-hydrogen) atoms. The highest BCUT2D eigenvalue weighted by atomic mass is 32.2. The molecule has 4 rings (SSSR count). The van der Waals surface area contributed by atoms with Crippen LogP contribution in [0.25, 0.3) is 27.5 Å². The van der Waals surface area contributed by atoms with Gasteiger partial charge in [0.2, 0.25) is 10.0 Å². The number of carbonyl (C=O) groups excluding carboxylic acids is 1. The Kier molecular flexibility index (Phi) is 6.14. The fourth-order valence-electron chi connectivity index (χ4n) is 3.59. The zero-order chi connectivity index (χ0) is 24.5. The van der Waals surface area contributed by atoms with Crippen LogP contribution in [0.15, 0.2) is 89.7 Å². The third-order valence-corrected chi connectivity index (χ3v) is 6.37. The minimum Gasteiger partial charge on any atom is -0.383 e. The molecule has 172 valence electrons. The second kappa shape index (κ2) is 9.05. The molecule has 0 spiro atoms. The molecule has 1 amide bonds. The first-order chi connectivity index (χ1) is 16.1. The highest BCUT2D eigenvalue weighted by molar-refractivity contribution is 7.89. The van der Waals surface area contributed by atoms with Gasteiger partial charge < -0.3 is 11.1 Å². The number of anilines is 2. The summed E-state index contributed by atoms with van der Waals surface area (Å²) in [6.07, 6.45) is 1.59. The van der Waals surface area contributed by atoms with Crippen LogP contribution in [0.4, 0.5) is 15.9 Å². The number of allylic oxidation sites excluding steroid dienone is 1. The Bertz CT molecular complexity index is 1550. The first-order valence-corrected chi connectivity index (χ1v) is 11.7. The molecule has 0 saturated carbocycles. The van der Waals surface area contributed by atoms with Crippen LogP contribution < -0.4 is 16.2 Å². The van der Waals surface area contributed by atoms with Crippen molar-refractivity contribution in [3.05, 3.63) is 90.4 Å². The maximum atomic E-state index is 14.9. The summed E-state index contributed by atoms with van der Waals surface area (Å²) in [5, 5.41) is 9.34. The SMILES string of the molecule is CC(=C(F)C(=O)Nc1ccc(-c2ccccc2S(N)(=O)=O)cc1)c1ccc2ccnc(N)c2c1. The van der Waals surface area contributed by atoms with Crippen molar-refractivity contribution in [2.75, 3.05) is 11.1 Å². The van der Waals surface area contributed by atoms with E-state index in [0.717, 1.165) is 5.39 Å². The van der Waals surface area contributed by atoms with Gasteiger partial charge in [0, 0.05) is 22.8 Å². The van der Waals surface area contributed by atoms with Crippen LogP contribution in [-0.2, 0) is 14.8 Å². The van der Waals surface area contributed by atoms with E-state index in [2.05, 4.69) is 10.3 Å². The summed E-state index contributed by atoms with van der Waals surface area (Å²) in [4.78, 5) is 16.5. The lowest BCUT2D eigenvalue weighted by Gasteiger charge is -2.10. The number of primary sulfonamides is 1. The third kappa shape index (κ3) is 4.66. The highest BCUT2D eigenvalue weighted by Gasteiger charge is 2.17. The van der Waals surface area contributed by atoms with Crippen molar-refractivity contribution in [3.8, 4) is 11.1 Å². The molecule has 0 aliphatic heterocycles. The average molecular weight is 477 g/mol. The van der Waals surface area contributed by atoms with Gasteiger partial charge in [-0.1, -0.05) is 42.5 Å². The quantitative estimate of drug-likeness (QED) is 0.366. The minimum absolute atomic E-state index is 0.0115. The number of halogens is 1. The molecule has 0 atom stereocenters. The van der Waals surface area contributed by atoms with E-state index in [-0.39, 0.29) is 10.5 Å². The van der Waals surface area contributed by atoms with Gasteiger partial charge in [0.15, 0.2) is 5.83 Å². The summed E-state index contributed by atoms with van der Waals surface area (Å²) in [6.45, 7) is 1.51. The second-order valence-corrected chi connectivity index (χ2v) is 9.17. The largest absolute Gasteiger partial charge is 0.383 e. The molecular weight excluding hydrogens is 455 g/mol. The van der Waals surface area contributed by atoms with Crippen molar-refractivity contribution in [2.45, 2.75) is 11.8 Å². The number of aromatic nitrogens is 1. The standard InChI is InChI=1S/C25H21FN4O3S/c1-15(18-7-6-17-12-13-29-24(27)21(17)14-18)23(26)25(31)30-19-10-8-16(9-11-19)20-4-2-3-5-22(20)34(28,32)33/h2-14H,1H3,(H2,27,29)(H,30,31)(H2,28,32,33). The van der Waals surface area contributed by atoms with Crippen LogP contribution in [0, 0.1) is 0 Å². The summed E-state index contributed by atoms with van der Waals surface area (Å²) in [5.41, 5.74) is 7.92. The van der Waals surface area contributed by atoms with Crippen molar-refractivity contribution < 1.29 is 17.6 Å². The Morgan fingerprint density at radius 3 is 2.41 bits per heavy atom. The Morgan fingerprint density at radius 1 is 1.00 bits per heavy atom. The maximum absolute atomic E-state index is 14.9. The first kappa shape index (κ1) is 23.1. The molecule has 0 saturated heterocycles.